The van der Waals surface area contributed by atoms with Gasteiger partial charge in [-0.05, 0) is 32.5 Å². The minimum atomic E-state index is 0.311. The molecule has 18 heavy (non-hydrogen) atoms. The van der Waals surface area contributed by atoms with E-state index in [-0.39, 0.29) is 0 Å². The molecular weight excluding hydrogens is 248 g/mol. The van der Waals surface area contributed by atoms with Crippen LogP contribution in [0.4, 0.5) is 0 Å². The number of nitrogens with zero attached hydrogens (tertiary/aromatic N) is 3. The molecule has 0 aromatic carbocycles. The van der Waals surface area contributed by atoms with Crippen molar-refractivity contribution in [1.29, 1.82) is 0 Å². The van der Waals surface area contributed by atoms with Crippen molar-refractivity contribution in [3.05, 3.63) is 10.5 Å². The maximum Gasteiger partial charge on any atom is 0.179 e. The van der Waals surface area contributed by atoms with Crippen LogP contribution >= 0.6 is 12.2 Å². The number of ether oxygens (including phenoxy) is 1. The lowest BCUT2D eigenvalue weighted by atomic mass is 10.0. The van der Waals surface area contributed by atoms with Gasteiger partial charge in [0, 0.05) is 26.1 Å². The molecule has 3 heterocycles. The van der Waals surface area contributed by atoms with Crippen molar-refractivity contribution in [3.8, 4) is 0 Å². The molecule has 1 saturated heterocycles. The molecule has 0 saturated carbocycles. The van der Waals surface area contributed by atoms with Crippen molar-refractivity contribution in [2.75, 3.05) is 6.61 Å². The molecular formula is C12H18N4OS. The molecule has 3 rings (SSSR count). The standard InChI is InChI=1S/C12H18N4OS/c1-7-10-11(15(3)14-7)16(12(18)13-10)6-9-4-5-17-8(9)2/h8-9H,4-6H2,1-3H3,(H,13,18). The van der Waals surface area contributed by atoms with E-state index in [1.54, 1.807) is 0 Å². The molecule has 2 aromatic rings. The Labute approximate surface area is 111 Å². The summed E-state index contributed by atoms with van der Waals surface area (Å²) in [5, 5.41) is 4.43. The molecule has 6 heteroatoms. The second-order valence-electron chi connectivity index (χ2n) is 5.07. The summed E-state index contributed by atoms with van der Waals surface area (Å²) in [6.45, 7) is 5.90. The second kappa shape index (κ2) is 4.20. The third kappa shape index (κ3) is 1.71. The van der Waals surface area contributed by atoms with Crippen molar-refractivity contribution >= 4 is 23.4 Å². The Bertz CT molecular complexity index is 638. The molecule has 2 atom stereocenters. The van der Waals surface area contributed by atoms with Crippen molar-refractivity contribution in [2.24, 2.45) is 13.0 Å². The van der Waals surface area contributed by atoms with Crippen LogP contribution in [0.3, 0.4) is 0 Å². The minimum Gasteiger partial charge on any atom is -0.378 e. The highest BCUT2D eigenvalue weighted by Gasteiger charge is 2.26. The number of imidazole rings is 1. The highest BCUT2D eigenvalue weighted by molar-refractivity contribution is 7.71. The quantitative estimate of drug-likeness (QED) is 0.847. The largest absolute Gasteiger partial charge is 0.378 e. The lowest BCUT2D eigenvalue weighted by molar-refractivity contribution is 0.102. The van der Waals surface area contributed by atoms with Gasteiger partial charge in [-0.3, -0.25) is 4.68 Å². The van der Waals surface area contributed by atoms with Crippen LogP contribution in [0.2, 0.25) is 0 Å². The van der Waals surface area contributed by atoms with E-state index in [4.69, 9.17) is 17.0 Å². The fraction of sp³-hybridized carbons (Fsp3) is 0.667. The molecule has 1 aliphatic heterocycles. The molecule has 0 radical (unpaired) electrons. The average Bonchev–Trinajstić information content (AvgIpc) is 2.92. The normalized spacial score (nSPS) is 24.2. The number of aromatic amines is 1. The Hall–Kier alpha value is -1.14. The van der Waals surface area contributed by atoms with E-state index in [1.165, 1.54) is 0 Å². The predicted octanol–water partition coefficient (Wildman–Crippen LogP) is 2.17. The summed E-state index contributed by atoms with van der Waals surface area (Å²) < 4.78 is 10.5. The summed E-state index contributed by atoms with van der Waals surface area (Å²) in [5.74, 6) is 0.533. The van der Waals surface area contributed by atoms with Crippen molar-refractivity contribution in [2.45, 2.75) is 32.9 Å². The van der Waals surface area contributed by atoms with Gasteiger partial charge in [0.25, 0.3) is 0 Å². The zero-order valence-corrected chi connectivity index (χ0v) is 11.8. The molecule has 2 unspecified atom stereocenters. The minimum absolute atomic E-state index is 0.311. The van der Waals surface area contributed by atoms with Crippen molar-refractivity contribution in [1.82, 2.24) is 19.3 Å². The summed E-state index contributed by atoms with van der Waals surface area (Å²) in [4.78, 5) is 3.26. The van der Waals surface area contributed by atoms with Crippen LogP contribution in [-0.2, 0) is 18.3 Å². The van der Waals surface area contributed by atoms with Gasteiger partial charge >= 0.3 is 0 Å². The maximum atomic E-state index is 5.62. The first-order valence-corrected chi connectivity index (χ1v) is 6.72. The Balaban J connectivity index is 2.05. The van der Waals surface area contributed by atoms with Gasteiger partial charge in [0.15, 0.2) is 10.4 Å². The smallest absolute Gasteiger partial charge is 0.179 e. The Kier molecular flexibility index (Phi) is 2.79. The Morgan fingerprint density at radius 2 is 2.33 bits per heavy atom. The third-order valence-corrected chi connectivity index (χ3v) is 4.20. The highest BCUT2D eigenvalue weighted by atomic mass is 32.1. The Morgan fingerprint density at radius 1 is 1.56 bits per heavy atom. The number of fused-ring (bicyclic) bond motifs is 1. The first kappa shape index (κ1) is 11.9. The summed E-state index contributed by atoms with van der Waals surface area (Å²) in [7, 11) is 1.96. The molecule has 98 valence electrons. The summed E-state index contributed by atoms with van der Waals surface area (Å²) >= 11 is 5.42. The molecule has 0 spiro atoms. The van der Waals surface area contributed by atoms with E-state index < -0.39 is 0 Å². The van der Waals surface area contributed by atoms with Crippen LogP contribution in [0.5, 0.6) is 0 Å². The fourth-order valence-corrected chi connectivity index (χ4v) is 3.06. The van der Waals surface area contributed by atoms with E-state index in [0.717, 1.165) is 41.2 Å². The van der Waals surface area contributed by atoms with Gasteiger partial charge in [0.1, 0.15) is 5.52 Å². The van der Waals surface area contributed by atoms with E-state index in [9.17, 15) is 0 Å². The number of hydrogen-bond acceptors (Lipinski definition) is 3. The number of aromatic nitrogens is 4. The summed E-state index contributed by atoms with van der Waals surface area (Å²) in [6, 6.07) is 0. The first-order chi connectivity index (χ1) is 8.58. The van der Waals surface area contributed by atoms with Gasteiger partial charge in [-0.2, -0.15) is 5.10 Å². The molecule has 5 nitrogen and oxygen atoms in total. The zero-order chi connectivity index (χ0) is 12.9. The van der Waals surface area contributed by atoms with Gasteiger partial charge in [-0.25, -0.2) is 0 Å². The lowest BCUT2D eigenvalue weighted by Crippen LogP contribution is -2.18. The molecule has 0 bridgehead atoms. The average molecular weight is 266 g/mol. The number of hydrogen-bond donors (Lipinski definition) is 1. The van der Waals surface area contributed by atoms with E-state index >= 15 is 0 Å². The SMILES string of the molecule is Cc1nn(C)c2c1[nH]c(=S)n2CC1CCOC1C. The summed E-state index contributed by atoms with van der Waals surface area (Å²) in [6.07, 6.45) is 1.41. The van der Waals surface area contributed by atoms with Crippen LogP contribution in [0.25, 0.3) is 11.2 Å². The zero-order valence-electron chi connectivity index (χ0n) is 10.9. The number of rotatable bonds is 2. The van der Waals surface area contributed by atoms with Crippen LogP contribution in [0.1, 0.15) is 19.0 Å². The number of aryl methyl sites for hydroxylation is 2. The van der Waals surface area contributed by atoms with Crippen LogP contribution in [-0.4, -0.2) is 32.0 Å². The molecule has 1 fully saturated rings. The Morgan fingerprint density at radius 3 is 3.00 bits per heavy atom. The van der Waals surface area contributed by atoms with E-state index in [1.807, 2.05) is 18.7 Å². The van der Waals surface area contributed by atoms with Crippen LogP contribution in [0, 0.1) is 17.6 Å². The van der Waals surface area contributed by atoms with Gasteiger partial charge in [-0.15, -0.1) is 0 Å². The van der Waals surface area contributed by atoms with Gasteiger partial charge in [-0.1, -0.05) is 0 Å². The maximum absolute atomic E-state index is 5.62. The van der Waals surface area contributed by atoms with Gasteiger partial charge in [0.05, 0.1) is 11.8 Å². The lowest BCUT2D eigenvalue weighted by Gasteiger charge is -2.15. The molecule has 2 aromatic heterocycles. The van der Waals surface area contributed by atoms with Gasteiger partial charge in [0.2, 0.25) is 0 Å². The molecule has 1 N–H and O–H groups in total. The highest BCUT2D eigenvalue weighted by Crippen LogP contribution is 2.25. The molecule has 0 amide bonds. The molecule has 0 aliphatic carbocycles. The predicted molar refractivity (Wildman–Crippen MR) is 72.1 cm³/mol. The first-order valence-electron chi connectivity index (χ1n) is 6.31. The van der Waals surface area contributed by atoms with E-state index in [2.05, 4.69) is 21.6 Å². The third-order valence-electron chi connectivity index (χ3n) is 3.88. The monoisotopic (exact) mass is 266 g/mol. The topological polar surface area (TPSA) is 47.8 Å². The molecule has 1 aliphatic rings. The fourth-order valence-electron chi connectivity index (χ4n) is 2.79. The second-order valence-corrected chi connectivity index (χ2v) is 5.46. The summed E-state index contributed by atoms with van der Waals surface area (Å²) in [5.41, 5.74) is 3.12. The van der Waals surface area contributed by atoms with Crippen LogP contribution in [0.15, 0.2) is 0 Å². The van der Waals surface area contributed by atoms with Crippen molar-refractivity contribution in [3.63, 3.8) is 0 Å². The number of H-pyrrole nitrogens is 1. The van der Waals surface area contributed by atoms with E-state index in [0.29, 0.717) is 12.0 Å². The number of nitrogens with one attached hydrogen (secondary N) is 1. The van der Waals surface area contributed by atoms with Crippen LogP contribution < -0.4 is 0 Å². The van der Waals surface area contributed by atoms with Gasteiger partial charge < -0.3 is 14.3 Å². The van der Waals surface area contributed by atoms with Crippen molar-refractivity contribution < 1.29 is 4.74 Å².